The van der Waals surface area contributed by atoms with Crippen molar-refractivity contribution in [3.05, 3.63) is 30.1 Å². The molecule has 0 radical (unpaired) electrons. The lowest BCUT2D eigenvalue weighted by Gasteiger charge is -2.14. The van der Waals surface area contributed by atoms with Crippen LogP contribution >= 0.6 is 0 Å². The summed E-state index contributed by atoms with van der Waals surface area (Å²) in [6, 6.07) is 2.27. The highest BCUT2D eigenvalue weighted by atomic mass is 16.5. The number of carboxylic acids is 1. The number of ether oxygens (including phenoxy) is 1. The molecule has 1 aromatic heterocycles. The van der Waals surface area contributed by atoms with E-state index in [0.29, 0.717) is 13.0 Å². The first-order valence-electron chi connectivity index (χ1n) is 6.28. The molecule has 0 saturated heterocycles. The summed E-state index contributed by atoms with van der Waals surface area (Å²) in [5.74, 6) is -1.08. The number of nitrogens with zero attached hydrogens (tertiary/aromatic N) is 1. The monoisotopic (exact) mass is 281 g/mol. The van der Waals surface area contributed by atoms with Crippen molar-refractivity contribution < 1.29 is 19.4 Å². The summed E-state index contributed by atoms with van der Waals surface area (Å²) in [6.07, 6.45) is 4.25. The molecule has 0 aliphatic rings. The van der Waals surface area contributed by atoms with E-state index >= 15 is 0 Å². The van der Waals surface area contributed by atoms with Gasteiger partial charge in [-0.2, -0.15) is 0 Å². The minimum atomic E-state index is -1.08. The molecule has 1 unspecified atom stereocenters. The summed E-state index contributed by atoms with van der Waals surface area (Å²) < 4.78 is 4.80. The number of amides is 2. The van der Waals surface area contributed by atoms with Gasteiger partial charge in [0, 0.05) is 39.1 Å². The lowest BCUT2D eigenvalue weighted by molar-refractivity contribution is -0.139. The van der Waals surface area contributed by atoms with Gasteiger partial charge in [0.1, 0.15) is 6.04 Å². The van der Waals surface area contributed by atoms with E-state index < -0.39 is 18.0 Å². The number of hydrogen-bond acceptors (Lipinski definition) is 4. The molecule has 0 spiro atoms. The number of pyridine rings is 1. The van der Waals surface area contributed by atoms with Gasteiger partial charge in [0.2, 0.25) is 0 Å². The van der Waals surface area contributed by atoms with Crippen LogP contribution in [-0.2, 0) is 16.0 Å². The first kappa shape index (κ1) is 15.9. The summed E-state index contributed by atoms with van der Waals surface area (Å²) in [5, 5.41) is 14.0. The van der Waals surface area contributed by atoms with Gasteiger partial charge in [-0.25, -0.2) is 9.59 Å². The van der Waals surface area contributed by atoms with Crippen LogP contribution in [0, 0.1) is 0 Å². The molecule has 0 bridgehead atoms. The minimum Gasteiger partial charge on any atom is -0.480 e. The number of urea groups is 1. The fourth-order valence-electron chi connectivity index (χ4n) is 1.57. The molecule has 1 heterocycles. The Kier molecular flexibility index (Phi) is 7.05. The van der Waals surface area contributed by atoms with Crippen molar-refractivity contribution in [1.29, 1.82) is 0 Å². The average Bonchev–Trinajstić information content (AvgIpc) is 2.44. The molecule has 1 aromatic rings. The SMILES string of the molecule is COCCC(NC(=O)NCCc1ccncc1)C(=O)O. The zero-order valence-electron chi connectivity index (χ0n) is 11.3. The minimum absolute atomic E-state index is 0.226. The third kappa shape index (κ3) is 6.14. The maximum Gasteiger partial charge on any atom is 0.326 e. The zero-order valence-corrected chi connectivity index (χ0v) is 11.3. The summed E-state index contributed by atoms with van der Waals surface area (Å²) >= 11 is 0. The van der Waals surface area contributed by atoms with Crippen molar-refractivity contribution in [2.45, 2.75) is 18.9 Å². The highest BCUT2D eigenvalue weighted by molar-refractivity contribution is 5.82. The Bertz CT molecular complexity index is 425. The van der Waals surface area contributed by atoms with Crippen LogP contribution in [-0.4, -0.2) is 48.4 Å². The lowest BCUT2D eigenvalue weighted by atomic mass is 10.2. The van der Waals surface area contributed by atoms with Gasteiger partial charge in [0.15, 0.2) is 0 Å². The van der Waals surface area contributed by atoms with Crippen LogP contribution in [0.1, 0.15) is 12.0 Å². The summed E-state index contributed by atoms with van der Waals surface area (Å²) in [7, 11) is 1.48. The largest absolute Gasteiger partial charge is 0.480 e. The predicted octanol–water partition coefficient (Wildman–Crippen LogP) is 0.413. The molecule has 0 aliphatic carbocycles. The van der Waals surface area contributed by atoms with E-state index in [0.717, 1.165) is 5.56 Å². The normalized spacial score (nSPS) is 11.7. The number of methoxy groups -OCH3 is 1. The lowest BCUT2D eigenvalue weighted by Crippen LogP contribution is -2.46. The molecule has 0 aromatic carbocycles. The summed E-state index contributed by atoms with van der Waals surface area (Å²) in [6.45, 7) is 0.695. The van der Waals surface area contributed by atoms with Crippen LogP contribution in [0.15, 0.2) is 24.5 Å². The number of rotatable bonds is 8. The van der Waals surface area contributed by atoms with Gasteiger partial charge in [-0.3, -0.25) is 4.98 Å². The van der Waals surface area contributed by atoms with Crippen molar-refractivity contribution >= 4 is 12.0 Å². The fraction of sp³-hybridized carbons (Fsp3) is 0.462. The molecule has 1 atom stereocenters. The molecule has 7 heteroatoms. The standard InChI is InChI=1S/C13H19N3O4/c1-20-9-5-11(12(17)18)16-13(19)15-8-4-10-2-6-14-7-3-10/h2-3,6-7,11H,4-5,8-9H2,1H3,(H,17,18)(H2,15,16,19). The zero-order chi connectivity index (χ0) is 14.8. The van der Waals surface area contributed by atoms with Crippen LogP contribution in [0.3, 0.4) is 0 Å². The molecule has 3 N–H and O–H groups in total. The first-order valence-corrected chi connectivity index (χ1v) is 6.28. The van der Waals surface area contributed by atoms with E-state index in [9.17, 15) is 9.59 Å². The summed E-state index contributed by atoms with van der Waals surface area (Å²) in [5.41, 5.74) is 1.05. The molecule has 20 heavy (non-hydrogen) atoms. The molecule has 0 aliphatic heterocycles. The average molecular weight is 281 g/mol. The number of nitrogens with one attached hydrogen (secondary N) is 2. The van der Waals surface area contributed by atoms with Gasteiger partial charge in [-0.1, -0.05) is 0 Å². The van der Waals surface area contributed by atoms with Crippen molar-refractivity contribution in [3.8, 4) is 0 Å². The molecule has 0 saturated carbocycles. The Morgan fingerprint density at radius 2 is 2.10 bits per heavy atom. The Morgan fingerprint density at radius 1 is 1.40 bits per heavy atom. The van der Waals surface area contributed by atoms with Crippen LogP contribution in [0.4, 0.5) is 4.79 Å². The third-order valence-corrected chi connectivity index (χ3v) is 2.66. The van der Waals surface area contributed by atoms with Crippen molar-refractivity contribution in [1.82, 2.24) is 15.6 Å². The highest BCUT2D eigenvalue weighted by Crippen LogP contribution is 1.96. The number of aliphatic carboxylic acids is 1. The smallest absolute Gasteiger partial charge is 0.326 e. The van der Waals surface area contributed by atoms with Crippen molar-refractivity contribution in [3.63, 3.8) is 0 Å². The maximum atomic E-state index is 11.6. The number of carboxylic acid groups (broad SMARTS) is 1. The highest BCUT2D eigenvalue weighted by Gasteiger charge is 2.19. The Balaban J connectivity index is 2.29. The molecule has 0 fully saturated rings. The van der Waals surface area contributed by atoms with Crippen LogP contribution in [0.5, 0.6) is 0 Å². The second-order valence-corrected chi connectivity index (χ2v) is 4.18. The Hall–Kier alpha value is -2.15. The number of carbonyl (C=O) groups is 2. The molecule has 7 nitrogen and oxygen atoms in total. The second kappa shape index (κ2) is 8.87. The van der Waals surface area contributed by atoms with Gasteiger partial charge in [0.25, 0.3) is 0 Å². The van der Waals surface area contributed by atoms with Crippen LogP contribution in [0.2, 0.25) is 0 Å². The number of carbonyl (C=O) groups excluding carboxylic acids is 1. The Morgan fingerprint density at radius 3 is 2.70 bits per heavy atom. The molecule has 1 rings (SSSR count). The van der Waals surface area contributed by atoms with E-state index in [1.54, 1.807) is 12.4 Å². The number of hydrogen-bond donors (Lipinski definition) is 3. The van der Waals surface area contributed by atoms with Gasteiger partial charge in [-0.15, -0.1) is 0 Å². The van der Waals surface area contributed by atoms with E-state index in [-0.39, 0.29) is 13.0 Å². The summed E-state index contributed by atoms with van der Waals surface area (Å²) in [4.78, 5) is 26.4. The van der Waals surface area contributed by atoms with Gasteiger partial charge >= 0.3 is 12.0 Å². The topological polar surface area (TPSA) is 101 Å². The predicted molar refractivity (Wildman–Crippen MR) is 72.4 cm³/mol. The quantitative estimate of drug-likeness (QED) is 0.641. The molecule has 110 valence electrons. The van der Waals surface area contributed by atoms with Crippen LogP contribution < -0.4 is 10.6 Å². The molecular weight excluding hydrogens is 262 g/mol. The van der Waals surface area contributed by atoms with Crippen LogP contribution in [0.25, 0.3) is 0 Å². The first-order chi connectivity index (χ1) is 9.63. The van der Waals surface area contributed by atoms with Crippen molar-refractivity contribution in [2.75, 3.05) is 20.3 Å². The Labute approximate surface area is 117 Å². The third-order valence-electron chi connectivity index (χ3n) is 2.66. The van der Waals surface area contributed by atoms with E-state index in [4.69, 9.17) is 9.84 Å². The van der Waals surface area contributed by atoms with E-state index in [2.05, 4.69) is 15.6 Å². The number of aromatic nitrogens is 1. The van der Waals surface area contributed by atoms with E-state index in [1.807, 2.05) is 12.1 Å². The molecule has 2 amide bonds. The van der Waals surface area contributed by atoms with E-state index in [1.165, 1.54) is 7.11 Å². The van der Waals surface area contributed by atoms with Gasteiger partial charge in [0.05, 0.1) is 0 Å². The maximum absolute atomic E-state index is 11.6. The van der Waals surface area contributed by atoms with Gasteiger partial charge < -0.3 is 20.5 Å². The van der Waals surface area contributed by atoms with Crippen molar-refractivity contribution in [2.24, 2.45) is 0 Å². The fourth-order valence-corrected chi connectivity index (χ4v) is 1.57. The van der Waals surface area contributed by atoms with Gasteiger partial charge in [-0.05, 0) is 24.1 Å². The molecular formula is C13H19N3O4. The second-order valence-electron chi connectivity index (χ2n) is 4.18.